The quantitative estimate of drug-likeness (QED) is 0.696. The lowest BCUT2D eigenvalue weighted by atomic mass is 10.0. The van der Waals surface area contributed by atoms with Crippen LogP contribution in [0.5, 0.6) is 0 Å². The highest BCUT2D eigenvalue weighted by molar-refractivity contribution is 9.10. The summed E-state index contributed by atoms with van der Waals surface area (Å²) in [5, 5.41) is 10.6. The molecule has 0 atom stereocenters. The fourth-order valence-corrected chi connectivity index (χ4v) is 2.77. The third-order valence-corrected chi connectivity index (χ3v) is 3.97. The molecule has 0 fully saturated rings. The zero-order valence-corrected chi connectivity index (χ0v) is 13.0. The molecule has 0 bridgehead atoms. The highest BCUT2D eigenvalue weighted by Gasteiger charge is 2.14. The van der Waals surface area contributed by atoms with Crippen LogP contribution in [-0.2, 0) is 0 Å². The van der Waals surface area contributed by atoms with Crippen molar-refractivity contribution >= 4 is 44.4 Å². The van der Waals surface area contributed by atoms with Gasteiger partial charge in [-0.1, -0.05) is 51.8 Å². The number of pyridine rings is 1. The van der Waals surface area contributed by atoms with Gasteiger partial charge in [0.2, 0.25) is 0 Å². The molecule has 21 heavy (non-hydrogen) atoms. The first kappa shape index (κ1) is 14.0. The Morgan fingerprint density at radius 3 is 2.62 bits per heavy atom. The van der Waals surface area contributed by atoms with Crippen LogP contribution in [0.3, 0.4) is 0 Å². The zero-order chi connectivity index (χ0) is 15.0. The van der Waals surface area contributed by atoms with E-state index in [1.165, 1.54) is 0 Å². The first-order valence-corrected chi connectivity index (χ1v) is 7.32. The molecule has 0 amide bonds. The van der Waals surface area contributed by atoms with Gasteiger partial charge in [-0.2, -0.15) is 0 Å². The van der Waals surface area contributed by atoms with Gasteiger partial charge in [0.05, 0.1) is 16.8 Å². The Hall–Kier alpha value is -1.91. The molecular weight excluding hydrogens is 354 g/mol. The fourth-order valence-electron chi connectivity index (χ4n) is 2.19. The van der Waals surface area contributed by atoms with Crippen LogP contribution in [-0.4, -0.2) is 16.1 Å². The first-order chi connectivity index (χ1) is 10.1. The number of rotatable bonds is 2. The standard InChI is InChI=1S/C16H9BrClNO2/c17-9-5-6-10-12(16(20)21)8-15(19-14(10)7-9)11-3-1-2-4-13(11)18/h1-8H,(H,20,21). The van der Waals surface area contributed by atoms with Gasteiger partial charge in [0.25, 0.3) is 0 Å². The maximum absolute atomic E-state index is 11.5. The van der Waals surface area contributed by atoms with Crippen LogP contribution in [0.15, 0.2) is 53.0 Å². The Balaban J connectivity index is 2.35. The molecule has 0 saturated carbocycles. The molecule has 104 valence electrons. The third kappa shape index (κ3) is 2.64. The van der Waals surface area contributed by atoms with E-state index >= 15 is 0 Å². The number of hydrogen-bond acceptors (Lipinski definition) is 2. The van der Waals surface area contributed by atoms with Crippen LogP contribution in [0.1, 0.15) is 10.4 Å². The minimum Gasteiger partial charge on any atom is -0.478 e. The summed E-state index contributed by atoms with van der Waals surface area (Å²) >= 11 is 9.55. The summed E-state index contributed by atoms with van der Waals surface area (Å²) in [6, 6.07) is 14.1. The van der Waals surface area contributed by atoms with Gasteiger partial charge >= 0.3 is 5.97 Å². The van der Waals surface area contributed by atoms with Gasteiger partial charge in [0.1, 0.15) is 0 Å². The molecule has 1 aromatic heterocycles. The van der Waals surface area contributed by atoms with E-state index in [2.05, 4.69) is 20.9 Å². The average Bonchev–Trinajstić information content (AvgIpc) is 2.46. The molecular formula is C16H9BrClNO2. The van der Waals surface area contributed by atoms with Crippen LogP contribution < -0.4 is 0 Å². The van der Waals surface area contributed by atoms with E-state index in [1.54, 1.807) is 30.3 Å². The van der Waals surface area contributed by atoms with E-state index in [1.807, 2.05) is 18.2 Å². The highest BCUT2D eigenvalue weighted by Crippen LogP contribution is 2.30. The fraction of sp³-hybridized carbons (Fsp3) is 0. The Labute approximate surface area is 134 Å². The number of hydrogen-bond donors (Lipinski definition) is 1. The van der Waals surface area contributed by atoms with Crippen LogP contribution in [0.4, 0.5) is 0 Å². The second-order valence-electron chi connectivity index (χ2n) is 4.50. The number of carbonyl (C=O) groups is 1. The number of fused-ring (bicyclic) bond motifs is 1. The van der Waals surface area contributed by atoms with Gasteiger partial charge in [0.15, 0.2) is 0 Å². The number of aromatic carboxylic acids is 1. The minimum atomic E-state index is -0.988. The summed E-state index contributed by atoms with van der Waals surface area (Å²) in [5.41, 5.74) is 2.08. The van der Waals surface area contributed by atoms with Gasteiger partial charge in [-0.3, -0.25) is 0 Å². The van der Waals surface area contributed by atoms with Crippen molar-refractivity contribution in [1.29, 1.82) is 0 Å². The Kier molecular flexibility index (Phi) is 3.66. The lowest BCUT2D eigenvalue weighted by Gasteiger charge is -2.08. The van der Waals surface area contributed by atoms with Crippen molar-refractivity contribution in [1.82, 2.24) is 4.98 Å². The van der Waals surface area contributed by atoms with Gasteiger partial charge < -0.3 is 5.11 Å². The molecule has 2 aromatic carbocycles. The maximum Gasteiger partial charge on any atom is 0.336 e. The van der Waals surface area contributed by atoms with Crippen LogP contribution in [0.25, 0.3) is 22.2 Å². The largest absolute Gasteiger partial charge is 0.478 e. The SMILES string of the molecule is O=C(O)c1cc(-c2ccccc2Cl)nc2cc(Br)ccc12. The van der Waals surface area contributed by atoms with E-state index in [9.17, 15) is 9.90 Å². The van der Waals surface area contributed by atoms with Crippen LogP contribution in [0, 0.1) is 0 Å². The van der Waals surface area contributed by atoms with Gasteiger partial charge in [-0.15, -0.1) is 0 Å². The zero-order valence-electron chi connectivity index (χ0n) is 10.7. The molecule has 0 aliphatic carbocycles. The Morgan fingerprint density at radius 2 is 1.90 bits per heavy atom. The summed E-state index contributed by atoms with van der Waals surface area (Å²) in [6.07, 6.45) is 0. The first-order valence-electron chi connectivity index (χ1n) is 6.15. The number of benzene rings is 2. The van der Waals surface area contributed by atoms with E-state index in [0.29, 0.717) is 27.2 Å². The van der Waals surface area contributed by atoms with Crippen molar-refractivity contribution < 1.29 is 9.90 Å². The molecule has 1 N–H and O–H groups in total. The van der Waals surface area contributed by atoms with Crippen molar-refractivity contribution in [2.45, 2.75) is 0 Å². The summed E-state index contributed by atoms with van der Waals surface area (Å²) in [5.74, 6) is -0.988. The number of carboxylic acid groups (broad SMARTS) is 1. The highest BCUT2D eigenvalue weighted by atomic mass is 79.9. The molecule has 3 nitrogen and oxygen atoms in total. The van der Waals surface area contributed by atoms with E-state index in [-0.39, 0.29) is 5.56 Å². The minimum absolute atomic E-state index is 0.211. The predicted molar refractivity (Wildman–Crippen MR) is 86.8 cm³/mol. The summed E-state index contributed by atoms with van der Waals surface area (Å²) in [4.78, 5) is 16.0. The molecule has 0 saturated heterocycles. The van der Waals surface area contributed by atoms with E-state index in [4.69, 9.17) is 11.6 Å². The molecule has 3 aromatic rings. The molecule has 0 aliphatic rings. The van der Waals surface area contributed by atoms with Crippen molar-refractivity contribution in [3.05, 3.63) is 63.6 Å². The molecule has 0 spiro atoms. The normalized spacial score (nSPS) is 10.8. The molecule has 1 heterocycles. The molecule has 0 unspecified atom stereocenters. The molecule has 3 rings (SSSR count). The topological polar surface area (TPSA) is 50.2 Å². The Bertz CT molecular complexity index is 864. The second kappa shape index (κ2) is 5.47. The Morgan fingerprint density at radius 1 is 1.14 bits per heavy atom. The average molecular weight is 363 g/mol. The number of carboxylic acids is 1. The monoisotopic (exact) mass is 361 g/mol. The third-order valence-electron chi connectivity index (χ3n) is 3.15. The summed E-state index contributed by atoms with van der Waals surface area (Å²) < 4.78 is 0.843. The smallest absolute Gasteiger partial charge is 0.336 e. The van der Waals surface area contributed by atoms with Crippen LogP contribution >= 0.6 is 27.5 Å². The molecule has 0 radical (unpaired) electrons. The van der Waals surface area contributed by atoms with Crippen LogP contribution in [0.2, 0.25) is 5.02 Å². The predicted octanol–water partition coefficient (Wildman–Crippen LogP) is 5.02. The van der Waals surface area contributed by atoms with E-state index < -0.39 is 5.97 Å². The number of aromatic nitrogens is 1. The lowest BCUT2D eigenvalue weighted by Crippen LogP contribution is -2.00. The maximum atomic E-state index is 11.5. The molecule has 0 aliphatic heterocycles. The van der Waals surface area contributed by atoms with Gasteiger partial charge in [-0.25, -0.2) is 9.78 Å². The number of nitrogens with zero attached hydrogens (tertiary/aromatic N) is 1. The van der Waals surface area contributed by atoms with Crippen molar-refractivity contribution in [3.8, 4) is 11.3 Å². The van der Waals surface area contributed by atoms with E-state index in [0.717, 1.165) is 4.47 Å². The van der Waals surface area contributed by atoms with Crippen molar-refractivity contribution in [3.63, 3.8) is 0 Å². The van der Waals surface area contributed by atoms with Gasteiger partial charge in [0, 0.05) is 20.4 Å². The second-order valence-corrected chi connectivity index (χ2v) is 5.82. The molecule has 5 heteroatoms. The van der Waals surface area contributed by atoms with Crippen molar-refractivity contribution in [2.24, 2.45) is 0 Å². The number of halogens is 2. The van der Waals surface area contributed by atoms with Crippen molar-refractivity contribution in [2.75, 3.05) is 0 Å². The summed E-state index contributed by atoms with van der Waals surface area (Å²) in [6.45, 7) is 0. The lowest BCUT2D eigenvalue weighted by molar-refractivity contribution is 0.0699. The van der Waals surface area contributed by atoms with Gasteiger partial charge in [-0.05, 0) is 24.3 Å². The summed E-state index contributed by atoms with van der Waals surface area (Å²) in [7, 11) is 0.